The molecule has 1 fully saturated rings. The molecule has 21 heavy (non-hydrogen) atoms. The third kappa shape index (κ3) is 5.12. The predicted octanol–water partition coefficient (Wildman–Crippen LogP) is 2.39. The van der Waals surface area contributed by atoms with Crippen LogP contribution in [-0.4, -0.2) is 41.0 Å². The summed E-state index contributed by atoms with van der Waals surface area (Å²) in [6.45, 7) is 6.11. The van der Waals surface area contributed by atoms with E-state index < -0.39 is 0 Å². The molecule has 4 nitrogen and oxygen atoms in total. The fraction of sp³-hybridized carbons (Fsp3) is 0.647. The van der Waals surface area contributed by atoms with Crippen molar-refractivity contribution in [2.75, 3.05) is 13.1 Å². The van der Waals surface area contributed by atoms with Crippen LogP contribution in [0.25, 0.3) is 0 Å². The van der Waals surface area contributed by atoms with Gasteiger partial charge in [0.05, 0.1) is 0 Å². The first-order valence-corrected chi connectivity index (χ1v) is 8.09. The quantitative estimate of drug-likeness (QED) is 0.874. The first-order valence-electron chi connectivity index (χ1n) is 8.09. The van der Waals surface area contributed by atoms with Crippen LogP contribution in [0.4, 0.5) is 0 Å². The maximum atomic E-state index is 12.5. The monoisotopic (exact) mass is 289 g/mol. The molecule has 0 aliphatic carbocycles. The number of nitrogens with one attached hydrogen (secondary N) is 1. The Bertz CT molecular complexity index is 427. The number of aryl methyl sites for hydroxylation is 1. The van der Waals surface area contributed by atoms with Gasteiger partial charge in [-0.25, -0.2) is 0 Å². The van der Waals surface area contributed by atoms with Crippen LogP contribution >= 0.6 is 0 Å². The molecule has 0 aromatic carbocycles. The summed E-state index contributed by atoms with van der Waals surface area (Å²) in [5.41, 5.74) is 0.991. The fourth-order valence-electron chi connectivity index (χ4n) is 2.84. The second-order valence-corrected chi connectivity index (χ2v) is 6.11. The lowest BCUT2D eigenvalue weighted by molar-refractivity contribution is -0.133. The van der Waals surface area contributed by atoms with Crippen molar-refractivity contribution in [3.63, 3.8) is 0 Å². The molecule has 1 amide bonds. The lowest BCUT2D eigenvalue weighted by Gasteiger charge is -2.33. The zero-order chi connectivity index (χ0) is 15.1. The van der Waals surface area contributed by atoms with Gasteiger partial charge >= 0.3 is 0 Å². The van der Waals surface area contributed by atoms with Gasteiger partial charge in [0.25, 0.3) is 0 Å². The summed E-state index contributed by atoms with van der Waals surface area (Å²) in [6, 6.07) is 6.57. The molecule has 4 heteroatoms. The first kappa shape index (κ1) is 16.0. The molecule has 0 spiro atoms. The minimum atomic E-state index is 0.239. The van der Waals surface area contributed by atoms with Crippen molar-refractivity contribution in [2.45, 2.75) is 58.0 Å². The van der Waals surface area contributed by atoms with Gasteiger partial charge in [0.1, 0.15) is 0 Å². The molecule has 1 saturated heterocycles. The number of amides is 1. The van der Waals surface area contributed by atoms with Gasteiger partial charge < -0.3 is 10.2 Å². The molecule has 0 saturated carbocycles. The standard InChI is InChI=1S/C17H27N3O/c1-14(2)20(13-16-8-4-6-12-19-16)17(21)10-9-15-7-3-5-11-18-15/h3,5,7,11,14,16,19H,4,6,8-10,12-13H2,1-2H3. The van der Waals surface area contributed by atoms with Gasteiger partial charge in [-0.05, 0) is 51.8 Å². The summed E-state index contributed by atoms with van der Waals surface area (Å²) in [5, 5.41) is 3.53. The molecule has 1 aromatic heterocycles. The minimum Gasteiger partial charge on any atom is -0.339 e. The molecule has 116 valence electrons. The molecular weight excluding hydrogens is 262 g/mol. The Kier molecular flexibility index (Phi) is 6.18. The molecule has 0 bridgehead atoms. The third-order valence-electron chi connectivity index (χ3n) is 4.09. The molecule has 1 aliphatic rings. The van der Waals surface area contributed by atoms with Gasteiger partial charge in [0.15, 0.2) is 0 Å². The Hall–Kier alpha value is -1.42. The van der Waals surface area contributed by atoms with Gasteiger partial charge in [0.2, 0.25) is 5.91 Å². The van der Waals surface area contributed by atoms with Crippen molar-refractivity contribution in [1.82, 2.24) is 15.2 Å². The lowest BCUT2D eigenvalue weighted by atomic mass is 10.0. The Morgan fingerprint density at radius 3 is 2.90 bits per heavy atom. The van der Waals surface area contributed by atoms with E-state index in [4.69, 9.17) is 0 Å². The SMILES string of the molecule is CC(C)N(CC1CCCCN1)C(=O)CCc1ccccn1. The number of hydrogen-bond donors (Lipinski definition) is 1. The number of hydrogen-bond acceptors (Lipinski definition) is 3. The van der Waals surface area contributed by atoms with Gasteiger partial charge in [0, 0.05) is 36.9 Å². The van der Waals surface area contributed by atoms with Crippen molar-refractivity contribution >= 4 is 5.91 Å². The van der Waals surface area contributed by atoms with E-state index in [2.05, 4.69) is 24.1 Å². The molecule has 1 aliphatic heterocycles. The largest absolute Gasteiger partial charge is 0.339 e. The number of rotatable bonds is 6. The van der Waals surface area contributed by atoms with Crippen molar-refractivity contribution < 1.29 is 4.79 Å². The molecule has 0 radical (unpaired) electrons. The number of aromatic nitrogens is 1. The summed E-state index contributed by atoms with van der Waals surface area (Å²) in [4.78, 5) is 18.8. The zero-order valence-electron chi connectivity index (χ0n) is 13.2. The average Bonchev–Trinajstić information content (AvgIpc) is 2.52. The Morgan fingerprint density at radius 1 is 1.43 bits per heavy atom. The highest BCUT2D eigenvalue weighted by Crippen LogP contribution is 2.12. The van der Waals surface area contributed by atoms with Crippen molar-refractivity contribution in [3.8, 4) is 0 Å². The van der Waals surface area contributed by atoms with E-state index in [1.807, 2.05) is 23.1 Å². The van der Waals surface area contributed by atoms with Gasteiger partial charge in [-0.15, -0.1) is 0 Å². The van der Waals surface area contributed by atoms with E-state index in [1.54, 1.807) is 6.20 Å². The van der Waals surface area contributed by atoms with E-state index in [-0.39, 0.29) is 11.9 Å². The van der Waals surface area contributed by atoms with Crippen LogP contribution in [0, 0.1) is 0 Å². The van der Waals surface area contributed by atoms with Crippen molar-refractivity contribution in [3.05, 3.63) is 30.1 Å². The zero-order valence-corrected chi connectivity index (χ0v) is 13.2. The highest BCUT2D eigenvalue weighted by Gasteiger charge is 2.22. The van der Waals surface area contributed by atoms with Crippen LogP contribution in [0.1, 0.15) is 45.2 Å². The molecule has 2 heterocycles. The smallest absolute Gasteiger partial charge is 0.223 e. The summed E-state index contributed by atoms with van der Waals surface area (Å²) in [7, 11) is 0. The van der Waals surface area contributed by atoms with Crippen LogP contribution in [0.2, 0.25) is 0 Å². The Labute approximate surface area is 127 Å². The highest BCUT2D eigenvalue weighted by atomic mass is 16.2. The van der Waals surface area contributed by atoms with Crippen LogP contribution in [-0.2, 0) is 11.2 Å². The molecule has 2 rings (SSSR count). The Balaban J connectivity index is 1.86. The third-order valence-corrected chi connectivity index (χ3v) is 4.09. The molecule has 1 aromatic rings. The summed E-state index contributed by atoms with van der Waals surface area (Å²) in [6.07, 6.45) is 6.75. The van der Waals surface area contributed by atoms with Gasteiger partial charge in [-0.1, -0.05) is 12.5 Å². The van der Waals surface area contributed by atoms with E-state index in [0.29, 0.717) is 12.5 Å². The van der Waals surface area contributed by atoms with Crippen molar-refractivity contribution in [1.29, 1.82) is 0 Å². The van der Waals surface area contributed by atoms with E-state index >= 15 is 0 Å². The van der Waals surface area contributed by atoms with E-state index in [0.717, 1.165) is 25.2 Å². The summed E-state index contributed by atoms with van der Waals surface area (Å²) >= 11 is 0. The Morgan fingerprint density at radius 2 is 2.29 bits per heavy atom. The van der Waals surface area contributed by atoms with Gasteiger partial charge in [-0.2, -0.15) is 0 Å². The number of pyridine rings is 1. The lowest BCUT2D eigenvalue weighted by Crippen LogP contribution is -2.48. The van der Waals surface area contributed by atoms with Crippen LogP contribution in [0.15, 0.2) is 24.4 Å². The summed E-state index contributed by atoms with van der Waals surface area (Å²) in [5.74, 6) is 0.239. The molecule has 1 N–H and O–H groups in total. The normalized spacial score (nSPS) is 18.7. The fourth-order valence-corrected chi connectivity index (χ4v) is 2.84. The van der Waals surface area contributed by atoms with E-state index in [9.17, 15) is 4.79 Å². The van der Waals surface area contributed by atoms with Crippen molar-refractivity contribution in [2.24, 2.45) is 0 Å². The number of carbonyl (C=O) groups excluding carboxylic acids is 1. The second kappa shape index (κ2) is 8.13. The maximum absolute atomic E-state index is 12.5. The minimum absolute atomic E-state index is 0.239. The van der Waals surface area contributed by atoms with Crippen LogP contribution in [0.5, 0.6) is 0 Å². The second-order valence-electron chi connectivity index (χ2n) is 6.11. The average molecular weight is 289 g/mol. The predicted molar refractivity (Wildman–Crippen MR) is 85.0 cm³/mol. The number of piperidine rings is 1. The molecular formula is C17H27N3O. The number of nitrogens with zero attached hydrogens (tertiary/aromatic N) is 2. The van der Waals surface area contributed by atoms with Crippen LogP contribution in [0.3, 0.4) is 0 Å². The first-order chi connectivity index (χ1) is 10.2. The summed E-state index contributed by atoms with van der Waals surface area (Å²) < 4.78 is 0. The highest BCUT2D eigenvalue weighted by molar-refractivity contribution is 5.76. The molecule has 1 atom stereocenters. The maximum Gasteiger partial charge on any atom is 0.223 e. The van der Waals surface area contributed by atoms with E-state index in [1.165, 1.54) is 19.3 Å². The topological polar surface area (TPSA) is 45.2 Å². The number of carbonyl (C=O) groups is 1. The molecule has 1 unspecified atom stereocenters. The van der Waals surface area contributed by atoms with Gasteiger partial charge in [-0.3, -0.25) is 9.78 Å². The van der Waals surface area contributed by atoms with Crippen LogP contribution < -0.4 is 5.32 Å².